The summed E-state index contributed by atoms with van der Waals surface area (Å²) < 4.78 is 18.3. The Morgan fingerprint density at radius 1 is 1.37 bits per heavy atom. The Bertz CT molecular complexity index is 601. The van der Waals surface area contributed by atoms with Crippen molar-refractivity contribution in [1.82, 2.24) is 4.98 Å². The number of nitrogens with zero attached hydrogens (tertiary/aromatic N) is 1. The summed E-state index contributed by atoms with van der Waals surface area (Å²) >= 11 is 5.62. The number of benzene rings is 1. The number of hydrogen-bond donors (Lipinski definition) is 1. The van der Waals surface area contributed by atoms with E-state index in [1.807, 2.05) is 0 Å². The first-order chi connectivity index (χ1) is 9.06. The molecule has 1 aromatic heterocycles. The highest BCUT2D eigenvalue weighted by atomic mass is 35.5. The summed E-state index contributed by atoms with van der Waals surface area (Å²) in [6.07, 6.45) is 1.25. The largest absolute Gasteiger partial charge is 0.487 e. The first-order valence-corrected chi connectivity index (χ1v) is 5.70. The number of ether oxygens (including phenoxy) is 1. The van der Waals surface area contributed by atoms with Crippen LogP contribution in [0.25, 0.3) is 0 Å². The van der Waals surface area contributed by atoms with E-state index in [-0.39, 0.29) is 17.2 Å². The van der Waals surface area contributed by atoms with Crippen molar-refractivity contribution in [3.05, 3.63) is 58.6 Å². The fraction of sp³-hybridized carbons (Fsp3) is 0.0769. The average Bonchev–Trinajstić information content (AvgIpc) is 2.40. The third-order valence-corrected chi connectivity index (χ3v) is 2.64. The van der Waals surface area contributed by atoms with Crippen LogP contribution in [0, 0.1) is 5.82 Å². The molecular weight excluding hydrogens is 273 g/mol. The minimum atomic E-state index is -1.04. The third-order valence-electron chi connectivity index (χ3n) is 2.35. The van der Waals surface area contributed by atoms with E-state index in [4.69, 9.17) is 21.4 Å². The topological polar surface area (TPSA) is 59.4 Å². The lowest BCUT2D eigenvalue weighted by Crippen LogP contribution is -2.01. The number of aromatic nitrogens is 1. The molecule has 0 aliphatic rings. The van der Waals surface area contributed by atoms with E-state index in [1.165, 1.54) is 30.5 Å². The quantitative estimate of drug-likeness (QED) is 0.935. The van der Waals surface area contributed by atoms with Crippen molar-refractivity contribution in [2.24, 2.45) is 0 Å². The smallest absolute Gasteiger partial charge is 0.337 e. The Morgan fingerprint density at radius 2 is 2.16 bits per heavy atom. The van der Waals surface area contributed by atoms with Gasteiger partial charge in [-0.25, -0.2) is 9.18 Å². The molecule has 19 heavy (non-hydrogen) atoms. The monoisotopic (exact) mass is 281 g/mol. The molecule has 4 nitrogen and oxygen atoms in total. The van der Waals surface area contributed by atoms with Crippen molar-refractivity contribution in [1.29, 1.82) is 0 Å². The highest BCUT2D eigenvalue weighted by Crippen LogP contribution is 2.21. The molecule has 0 amide bonds. The second-order valence-corrected chi connectivity index (χ2v) is 4.12. The number of aromatic carboxylic acids is 1. The van der Waals surface area contributed by atoms with Crippen molar-refractivity contribution in [2.45, 2.75) is 6.61 Å². The van der Waals surface area contributed by atoms with E-state index >= 15 is 0 Å². The van der Waals surface area contributed by atoms with Crippen LogP contribution in [0.1, 0.15) is 16.1 Å². The lowest BCUT2D eigenvalue weighted by atomic mass is 10.2. The van der Waals surface area contributed by atoms with Gasteiger partial charge in [0.15, 0.2) is 0 Å². The van der Waals surface area contributed by atoms with E-state index in [1.54, 1.807) is 6.07 Å². The standard InChI is InChI=1S/C13H9ClFNO3/c14-11-5-10(3-4-12(11)15)19-7-9-2-1-8(6-16-9)13(17)18/h1-6H,7H2,(H,17,18). The van der Waals surface area contributed by atoms with Gasteiger partial charge in [0.05, 0.1) is 16.3 Å². The van der Waals surface area contributed by atoms with Crippen LogP contribution in [0.15, 0.2) is 36.5 Å². The van der Waals surface area contributed by atoms with Crippen molar-refractivity contribution >= 4 is 17.6 Å². The molecule has 2 aromatic rings. The molecule has 98 valence electrons. The normalized spacial score (nSPS) is 10.2. The fourth-order valence-corrected chi connectivity index (χ4v) is 1.53. The predicted molar refractivity (Wildman–Crippen MR) is 66.9 cm³/mol. The van der Waals surface area contributed by atoms with Crippen LogP contribution in [0.2, 0.25) is 5.02 Å². The summed E-state index contributed by atoms with van der Waals surface area (Å²) in [6.45, 7) is 0.141. The van der Waals surface area contributed by atoms with Crippen LogP contribution < -0.4 is 4.74 Å². The minimum Gasteiger partial charge on any atom is -0.487 e. The van der Waals surface area contributed by atoms with Crippen LogP contribution in [0.5, 0.6) is 5.75 Å². The molecule has 0 saturated heterocycles. The van der Waals surface area contributed by atoms with Gasteiger partial charge in [-0.05, 0) is 24.3 Å². The molecule has 0 radical (unpaired) electrons. The van der Waals surface area contributed by atoms with Gasteiger partial charge in [0.1, 0.15) is 18.2 Å². The van der Waals surface area contributed by atoms with E-state index < -0.39 is 11.8 Å². The summed E-state index contributed by atoms with van der Waals surface area (Å²) in [5.74, 6) is -1.14. The third kappa shape index (κ3) is 3.42. The molecular formula is C13H9ClFNO3. The molecule has 0 aliphatic heterocycles. The SMILES string of the molecule is O=C(O)c1ccc(COc2ccc(F)c(Cl)c2)nc1. The Kier molecular flexibility index (Phi) is 3.97. The van der Waals surface area contributed by atoms with Gasteiger partial charge < -0.3 is 9.84 Å². The maximum atomic E-state index is 12.9. The van der Waals surface area contributed by atoms with Gasteiger partial charge >= 0.3 is 5.97 Å². The zero-order chi connectivity index (χ0) is 13.8. The second-order valence-electron chi connectivity index (χ2n) is 3.71. The van der Waals surface area contributed by atoms with Gasteiger partial charge in [0.2, 0.25) is 0 Å². The van der Waals surface area contributed by atoms with Crippen LogP contribution in [-0.2, 0) is 6.61 Å². The lowest BCUT2D eigenvalue weighted by Gasteiger charge is -2.06. The summed E-state index contributed by atoms with van der Waals surface area (Å²) in [4.78, 5) is 14.6. The number of rotatable bonds is 4. The summed E-state index contributed by atoms with van der Waals surface area (Å²) in [6, 6.07) is 7.01. The predicted octanol–water partition coefficient (Wildman–Crippen LogP) is 3.15. The van der Waals surface area contributed by atoms with E-state index in [9.17, 15) is 9.18 Å². The Hall–Kier alpha value is -2.14. The van der Waals surface area contributed by atoms with E-state index in [0.29, 0.717) is 11.4 Å². The van der Waals surface area contributed by atoms with Gasteiger partial charge in [0.25, 0.3) is 0 Å². The number of carboxylic acid groups (broad SMARTS) is 1. The Morgan fingerprint density at radius 3 is 2.74 bits per heavy atom. The molecule has 2 rings (SSSR count). The number of carboxylic acids is 1. The van der Waals surface area contributed by atoms with Crippen LogP contribution in [0.4, 0.5) is 4.39 Å². The van der Waals surface area contributed by atoms with Crippen LogP contribution in [0.3, 0.4) is 0 Å². The van der Waals surface area contributed by atoms with Gasteiger partial charge in [-0.2, -0.15) is 0 Å². The highest BCUT2D eigenvalue weighted by molar-refractivity contribution is 6.30. The van der Waals surface area contributed by atoms with Crippen LogP contribution >= 0.6 is 11.6 Å². The zero-order valence-corrected chi connectivity index (χ0v) is 10.4. The average molecular weight is 282 g/mol. The molecule has 1 N–H and O–H groups in total. The molecule has 0 bridgehead atoms. The van der Waals surface area contributed by atoms with Crippen molar-refractivity contribution in [2.75, 3.05) is 0 Å². The first-order valence-electron chi connectivity index (χ1n) is 5.32. The molecule has 1 aromatic carbocycles. The lowest BCUT2D eigenvalue weighted by molar-refractivity contribution is 0.0696. The van der Waals surface area contributed by atoms with Crippen LogP contribution in [-0.4, -0.2) is 16.1 Å². The molecule has 0 saturated carbocycles. The summed E-state index contributed by atoms with van der Waals surface area (Å²) in [5, 5.41) is 8.70. The molecule has 0 atom stereocenters. The maximum absolute atomic E-state index is 12.9. The van der Waals surface area contributed by atoms with Gasteiger partial charge in [-0.3, -0.25) is 4.98 Å². The number of hydrogen-bond acceptors (Lipinski definition) is 3. The van der Waals surface area contributed by atoms with Gasteiger partial charge in [-0.15, -0.1) is 0 Å². The van der Waals surface area contributed by atoms with Crippen molar-refractivity contribution in [3.63, 3.8) is 0 Å². The molecule has 0 unspecified atom stereocenters. The molecule has 0 aliphatic carbocycles. The number of carbonyl (C=O) groups is 1. The van der Waals surface area contributed by atoms with Gasteiger partial charge in [0, 0.05) is 12.3 Å². The molecule has 0 spiro atoms. The fourth-order valence-electron chi connectivity index (χ4n) is 1.36. The summed E-state index contributed by atoms with van der Waals surface area (Å²) in [7, 11) is 0. The first kappa shape index (κ1) is 13.3. The number of halogens is 2. The van der Waals surface area contributed by atoms with Crippen molar-refractivity contribution < 1.29 is 19.0 Å². The van der Waals surface area contributed by atoms with Crippen molar-refractivity contribution in [3.8, 4) is 5.75 Å². The molecule has 1 heterocycles. The van der Waals surface area contributed by atoms with E-state index in [0.717, 1.165) is 0 Å². The highest BCUT2D eigenvalue weighted by Gasteiger charge is 2.05. The minimum absolute atomic E-state index is 0.0216. The second kappa shape index (κ2) is 5.67. The number of pyridine rings is 1. The Labute approximate surface area is 113 Å². The Balaban J connectivity index is 2.01. The molecule has 0 fully saturated rings. The maximum Gasteiger partial charge on any atom is 0.337 e. The zero-order valence-electron chi connectivity index (χ0n) is 9.64. The summed E-state index contributed by atoms with van der Waals surface area (Å²) in [5.41, 5.74) is 0.666. The molecule has 6 heteroatoms. The van der Waals surface area contributed by atoms with Gasteiger partial charge in [-0.1, -0.05) is 11.6 Å². The van der Waals surface area contributed by atoms with E-state index in [2.05, 4.69) is 4.98 Å².